The second kappa shape index (κ2) is 7.25. The van der Waals surface area contributed by atoms with Gasteiger partial charge in [0.25, 0.3) is 0 Å². The Bertz CT molecular complexity index is 290. The number of carbonyl (C=O) groups excluding carboxylic acids is 1. The molecule has 3 unspecified atom stereocenters. The summed E-state index contributed by atoms with van der Waals surface area (Å²) in [7, 11) is 0. The summed E-state index contributed by atoms with van der Waals surface area (Å²) in [5.74, 6) is 0.865. The van der Waals surface area contributed by atoms with Crippen molar-refractivity contribution in [1.29, 1.82) is 0 Å². The molecule has 110 valence electrons. The van der Waals surface area contributed by atoms with Crippen LogP contribution in [0.2, 0.25) is 0 Å². The number of nitrogens with two attached hydrogens (primary N) is 1. The van der Waals surface area contributed by atoms with Crippen LogP contribution in [0.4, 0.5) is 0 Å². The first-order valence-corrected chi connectivity index (χ1v) is 7.86. The molecule has 2 rings (SSSR count). The van der Waals surface area contributed by atoms with Crippen LogP contribution in [0.15, 0.2) is 0 Å². The van der Waals surface area contributed by atoms with E-state index < -0.39 is 0 Å². The van der Waals surface area contributed by atoms with E-state index >= 15 is 0 Å². The summed E-state index contributed by atoms with van der Waals surface area (Å²) >= 11 is 0. The number of hydrogen-bond donors (Lipinski definition) is 1. The first-order valence-electron chi connectivity index (χ1n) is 7.86. The summed E-state index contributed by atoms with van der Waals surface area (Å²) in [6, 6.07) is 0.359. The number of amides is 1. The van der Waals surface area contributed by atoms with E-state index in [-0.39, 0.29) is 5.92 Å². The molecular formula is C15H28N2O2. The van der Waals surface area contributed by atoms with Crippen molar-refractivity contribution in [3.8, 4) is 0 Å². The number of ether oxygens (including phenoxy) is 1. The van der Waals surface area contributed by atoms with Gasteiger partial charge in [-0.2, -0.15) is 0 Å². The second-order valence-corrected chi connectivity index (χ2v) is 5.89. The normalized spacial score (nSPS) is 32.0. The Kier molecular flexibility index (Phi) is 5.64. The number of carbonyl (C=O) groups is 1. The maximum Gasteiger partial charge on any atom is 0.228 e. The molecule has 0 aromatic carbocycles. The Morgan fingerprint density at radius 2 is 2.05 bits per heavy atom. The average Bonchev–Trinajstić information content (AvgIpc) is 2.49. The summed E-state index contributed by atoms with van der Waals surface area (Å²) in [6.07, 6.45) is 6.78. The van der Waals surface area contributed by atoms with Crippen LogP contribution in [0, 0.1) is 11.8 Å². The van der Waals surface area contributed by atoms with Crippen LogP contribution in [0.25, 0.3) is 0 Å². The molecule has 1 aliphatic heterocycles. The minimum Gasteiger partial charge on any atom is -0.381 e. The van der Waals surface area contributed by atoms with Crippen molar-refractivity contribution in [2.75, 3.05) is 26.3 Å². The van der Waals surface area contributed by atoms with Gasteiger partial charge in [-0.05, 0) is 45.1 Å². The lowest BCUT2D eigenvalue weighted by Gasteiger charge is -2.41. The van der Waals surface area contributed by atoms with Gasteiger partial charge in [0.05, 0.1) is 12.5 Å². The lowest BCUT2D eigenvalue weighted by molar-refractivity contribution is -0.143. The zero-order valence-electron chi connectivity index (χ0n) is 12.1. The van der Waals surface area contributed by atoms with Crippen molar-refractivity contribution < 1.29 is 9.53 Å². The van der Waals surface area contributed by atoms with E-state index in [0.717, 1.165) is 32.4 Å². The van der Waals surface area contributed by atoms with E-state index in [0.29, 0.717) is 31.0 Å². The monoisotopic (exact) mass is 268 g/mol. The highest BCUT2D eigenvalue weighted by Crippen LogP contribution is 2.29. The van der Waals surface area contributed by atoms with Gasteiger partial charge in [-0.1, -0.05) is 12.8 Å². The van der Waals surface area contributed by atoms with Gasteiger partial charge in [0.15, 0.2) is 0 Å². The second-order valence-electron chi connectivity index (χ2n) is 5.89. The summed E-state index contributed by atoms with van der Waals surface area (Å²) in [6.45, 7) is 5.01. The lowest BCUT2D eigenvalue weighted by Crippen LogP contribution is -2.50. The van der Waals surface area contributed by atoms with Crippen LogP contribution in [-0.2, 0) is 9.53 Å². The zero-order valence-corrected chi connectivity index (χ0v) is 12.1. The molecule has 0 radical (unpaired) electrons. The topological polar surface area (TPSA) is 55.6 Å². The fourth-order valence-electron chi connectivity index (χ4n) is 3.60. The summed E-state index contributed by atoms with van der Waals surface area (Å²) < 4.78 is 5.47. The molecule has 3 atom stereocenters. The summed E-state index contributed by atoms with van der Waals surface area (Å²) in [5.41, 5.74) is 5.90. The Hall–Kier alpha value is -0.610. The van der Waals surface area contributed by atoms with Gasteiger partial charge in [0, 0.05) is 19.2 Å². The van der Waals surface area contributed by atoms with E-state index in [1.807, 2.05) is 0 Å². The number of hydrogen-bond acceptors (Lipinski definition) is 3. The van der Waals surface area contributed by atoms with Crippen molar-refractivity contribution >= 4 is 5.91 Å². The molecular weight excluding hydrogens is 240 g/mol. The Morgan fingerprint density at radius 1 is 1.26 bits per heavy atom. The molecule has 1 heterocycles. The van der Waals surface area contributed by atoms with Gasteiger partial charge in [0.1, 0.15) is 0 Å². The molecule has 0 aromatic rings. The van der Waals surface area contributed by atoms with Crippen LogP contribution in [0.1, 0.15) is 45.4 Å². The fraction of sp³-hybridized carbons (Fsp3) is 0.933. The van der Waals surface area contributed by atoms with Crippen molar-refractivity contribution in [1.82, 2.24) is 4.90 Å². The third-order valence-electron chi connectivity index (χ3n) is 4.71. The van der Waals surface area contributed by atoms with E-state index in [1.54, 1.807) is 0 Å². The largest absolute Gasteiger partial charge is 0.381 e. The first kappa shape index (κ1) is 14.8. The van der Waals surface area contributed by atoms with Crippen LogP contribution >= 0.6 is 0 Å². The van der Waals surface area contributed by atoms with Crippen LogP contribution < -0.4 is 5.73 Å². The van der Waals surface area contributed by atoms with Gasteiger partial charge in [-0.15, -0.1) is 0 Å². The third-order valence-corrected chi connectivity index (χ3v) is 4.71. The molecule has 0 spiro atoms. The van der Waals surface area contributed by atoms with E-state index in [4.69, 9.17) is 10.5 Å². The fourth-order valence-corrected chi connectivity index (χ4v) is 3.60. The molecule has 1 saturated heterocycles. The molecule has 2 aliphatic rings. The molecule has 4 nitrogen and oxygen atoms in total. The Labute approximate surface area is 116 Å². The Balaban J connectivity index is 2.02. The molecule has 19 heavy (non-hydrogen) atoms. The standard InChI is InChI=1S/C15H28N2O2/c1-2-17(14-8-4-3-6-12(14)10-16)15(18)13-7-5-9-19-11-13/h12-14H,2-11,16H2,1H3. The van der Waals surface area contributed by atoms with Gasteiger partial charge >= 0.3 is 0 Å². The highest BCUT2D eigenvalue weighted by molar-refractivity contribution is 5.79. The molecule has 2 fully saturated rings. The van der Waals surface area contributed by atoms with Gasteiger partial charge in [0.2, 0.25) is 5.91 Å². The molecule has 4 heteroatoms. The van der Waals surface area contributed by atoms with E-state index in [2.05, 4.69) is 11.8 Å². The third kappa shape index (κ3) is 3.48. The molecule has 0 aromatic heterocycles. The minimum atomic E-state index is 0.0778. The van der Waals surface area contributed by atoms with E-state index in [9.17, 15) is 4.79 Å². The molecule has 0 bridgehead atoms. The van der Waals surface area contributed by atoms with E-state index in [1.165, 1.54) is 19.3 Å². The predicted molar refractivity (Wildman–Crippen MR) is 75.7 cm³/mol. The number of rotatable bonds is 4. The Morgan fingerprint density at radius 3 is 2.68 bits per heavy atom. The van der Waals surface area contributed by atoms with Crippen LogP contribution in [0.3, 0.4) is 0 Å². The number of nitrogens with zero attached hydrogens (tertiary/aromatic N) is 1. The smallest absolute Gasteiger partial charge is 0.228 e. The van der Waals surface area contributed by atoms with Crippen LogP contribution in [0.5, 0.6) is 0 Å². The molecule has 1 saturated carbocycles. The van der Waals surface area contributed by atoms with Gasteiger partial charge in [-0.3, -0.25) is 4.79 Å². The SMILES string of the molecule is CCN(C(=O)C1CCCOC1)C1CCCCC1CN. The van der Waals surface area contributed by atoms with Crippen molar-refractivity contribution in [3.63, 3.8) is 0 Å². The highest BCUT2D eigenvalue weighted by atomic mass is 16.5. The van der Waals surface area contributed by atoms with Crippen molar-refractivity contribution in [2.24, 2.45) is 17.6 Å². The first-order chi connectivity index (χ1) is 9.27. The highest BCUT2D eigenvalue weighted by Gasteiger charge is 2.34. The lowest BCUT2D eigenvalue weighted by atomic mass is 9.83. The van der Waals surface area contributed by atoms with Crippen molar-refractivity contribution in [3.05, 3.63) is 0 Å². The predicted octanol–water partition coefficient (Wildman–Crippen LogP) is 1.78. The molecule has 1 amide bonds. The maximum atomic E-state index is 12.7. The van der Waals surface area contributed by atoms with Gasteiger partial charge < -0.3 is 15.4 Å². The van der Waals surface area contributed by atoms with Crippen LogP contribution in [-0.4, -0.2) is 43.2 Å². The van der Waals surface area contributed by atoms with Crippen molar-refractivity contribution in [2.45, 2.75) is 51.5 Å². The average molecular weight is 268 g/mol. The zero-order chi connectivity index (χ0) is 13.7. The maximum absolute atomic E-state index is 12.7. The summed E-state index contributed by atoms with van der Waals surface area (Å²) in [5, 5.41) is 0. The van der Waals surface area contributed by atoms with Gasteiger partial charge in [-0.25, -0.2) is 0 Å². The molecule has 2 N–H and O–H groups in total. The quantitative estimate of drug-likeness (QED) is 0.845. The minimum absolute atomic E-state index is 0.0778. The molecule has 1 aliphatic carbocycles. The summed E-state index contributed by atoms with van der Waals surface area (Å²) in [4.78, 5) is 14.8.